The molecule has 1 aromatic carbocycles. The van der Waals surface area contributed by atoms with Crippen LogP contribution in [0.3, 0.4) is 0 Å². The molecule has 0 bridgehead atoms. The predicted octanol–water partition coefficient (Wildman–Crippen LogP) is 1.95. The number of nitrogens with zero attached hydrogens (tertiary/aromatic N) is 3. The molecule has 0 spiro atoms. The third-order valence-electron chi connectivity index (χ3n) is 6.24. The number of anilines is 2. The Morgan fingerprint density at radius 3 is 2.89 bits per heavy atom. The lowest BCUT2D eigenvalue weighted by Crippen LogP contribution is -2.57. The van der Waals surface area contributed by atoms with E-state index in [0.29, 0.717) is 60.6 Å². The highest BCUT2D eigenvalue weighted by molar-refractivity contribution is 5.67. The molecule has 198 valence electrons. The molecule has 2 fully saturated rings. The summed E-state index contributed by atoms with van der Waals surface area (Å²) in [6.45, 7) is 3.86. The van der Waals surface area contributed by atoms with Gasteiger partial charge in [0.2, 0.25) is 0 Å². The van der Waals surface area contributed by atoms with Crippen molar-refractivity contribution in [2.24, 2.45) is 0 Å². The number of alkyl halides is 3. The number of piperazine rings is 1. The molecule has 4 rings (SSSR count). The van der Waals surface area contributed by atoms with Crippen molar-refractivity contribution < 1.29 is 27.8 Å². The number of aromatic nitrogens is 2. The zero-order chi connectivity index (χ0) is 25.7. The number of ether oxygens (including phenoxy) is 2. The molecule has 2 unspecified atom stereocenters. The summed E-state index contributed by atoms with van der Waals surface area (Å²) >= 11 is 0. The van der Waals surface area contributed by atoms with Gasteiger partial charge in [0.15, 0.2) is 5.82 Å². The predicted molar refractivity (Wildman–Crippen MR) is 131 cm³/mol. The number of hydrogen-bond acceptors (Lipinski definition) is 9. The Labute approximate surface area is 208 Å². The molecular formula is C24H33F3N6O3. The van der Waals surface area contributed by atoms with E-state index in [1.807, 2.05) is 13.0 Å². The van der Waals surface area contributed by atoms with Crippen molar-refractivity contribution in [3.05, 3.63) is 29.8 Å². The van der Waals surface area contributed by atoms with Gasteiger partial charge in [-0.3, -0.25) is 0 Å². The summed E-state index contributed by atoms with van der Waals surface area (Å²) in [6, 6.07) is 5.58. The van der Waals surface area contributed by atoms with Crippen molar-refractivity contribution in [1.29, 1.82) is 0 Å². The lowest BCUT2D eigenvalue weighted by molar-refractivity contribution is -0.155. The molecule has 2 aliphatic heterocycles. The minimum Gasteiger partial charge on any atom is -0.491 e. The van der Waals surface area contributed by atoms with Gasteiger partial charge >= 0.3 is 6.18 Å². The van der Waals surface area contributed by atoms with Gasteiger partial charge in [-0.1, -0.05) is 12.1 Å². The standard InChI is InChI=1S/C24H33F3N6O3/c1-15-21(30-17-6-9-35-13-17)31-22(16-4-3-5-19(10-16)36-14-18(34)11-28-2)32-23(15)33-8-7-29-20(12-33)24(25,26)27/h3-5,10,17-18,20,28-29,34H,6-9,11-14H2,1-2H3,(H,30,31,32)/t17-,18?,20?/m1/s1. The van der Waals surface area contributed by atoms with E-state index < -0.39 is 18.3 Å². The molecule has 2 aliphatic rings. The fraction of sp³-hybridized carbons (Fsp3) is 0.583. The topological polar surface area (TPSA) is 104 Å². The van der Waals surface area contributed by atoms with Crippen molar-refractivity contribution in [1.82, 2.24) is 20.6 Å². The monoisotopic (exact) mass is 510 g/mol. The second-order valence-corrected chi connectivity index (χ2v) is 9.09. The summed E-state index contributed by atoms with van der Waals surface area (Å²) in [5.74, 6) is 1.95. The minimum atomic E-state index is -4.35. The third kappa shape index (κ3) is 6.55. The highest BCUT2D eigenvalue weighted by Gasteiger charge is 2.42. The van der Waals surface area contributed by atoms with Crippen molar-refractivity contribution in [2.45, 2.75) is 37.7 Å². The molecule has 0 saturated carbocycles. The number of nitrogens with one attached hydrogen (secondary N) is 3. The largest absolute Gasteiger partial charge is 0.491 e. The van der Waals surface area contributed by atoms with Crippen molar-refractivity contribution >= 4 is 11.6 Å². The van der Waals surface area contributed by atoms with Gasteiger partial charge in [0.1, 0.15) is 36.1 Å². The lowest BCUT2D eigenvalue weighted by Gasteiger charge is -2.36. The summed E-state index contributed by atoms with van der Waals surface area (Å²) in [4.78, 5) is 11.1. The highest BCUT2D eigenvalue weighted by atomic mass is 19.4. The Balaban J connectivity index is 1.65. The van der Waals surface area contributed by atoms with Gasteiger partial charge in [-0.15, -0.1) is 0 Å². The molecule has 9 nitrogen and oxygen atoms in total. The van der Waals surface area contributed by atoms with Crippen LogP contribution < -0.4 is 25.6 Å². The number of aliphatic hydroxyl groups excluding tert-OH is 1. The molecule has 2 saturated heterocycles. The molecule has 0 aliphatic carbocycles. The molecule has 3 heterocycles. The van der Waals surface area contributed by atoms with E-state index in [2.05, 4.69) is 16.0 Å². The summed E-state index contributed by atoms with van der Waals surface area (Å²) < 4.78 is 51.6. The Bertz CT molecular complexity index is 1020. The zero-order valence-electron chi connectivity index (χ0n) is 20.4. The summed E-state index contributed by atoms with van der Waals surface area (Å²) in [6.07, 6.45) is -4.20. The van der Waals surface area contributed by atoms with Crippen LogP contribution in [0.25, 0.3) is 11.4 Å². The van der Waals surface area contributed by atoms with Crippen LogP contribution in [0.15, 0.2) is 24.3 Å². The Kier molecular flexibility index (Phi) is 8.50. The first-order chi connectivity index (χ1) is 17.2. The summed E-state index contributed by atoms with van der Waals surface area (Å²) in [5, 5.41) is 18.8. The normalized spacial score (nSPS) is 21.4. The lowest BCUT2D eigenvalue weighted by atomic mass is 10.1. The van der Waals surface area contributed by atoms with E-state index in [0.717, 1.165) is 6.42 Å². The van der Waals surface area contributed by atoms with Gasteiger partial charge in [0.25, 0.3) is 0 Å². The summed E-state index contributed by atoms with van der Waals surface area (Å²) in [7, 11) is 1.74. The maximum absolute atomic E-state index is 13.5. The maximum Gasteiger partial charge on any atom is 0.405 e. The molecule has 4 N–H and O–H groups in total. The third-order valence-corrected chi connectivity index (χ3v) is 6.24. The first-order valence-electron chi connectivity index (χ1n) is 12.1. The van der Waals surface area contributed by atoms with Crippen molar-refractivity contribution in [3.63, 3.8) is 0 Å². The highest BCUT2D eigenvalue weighted by Crippen LogP contribution is 2.32. The summed E-state index contributed by atoms with van der Waals surface area (Å²) in [5.41, 5.74) is 1.35. The average molecular weight is 511 g/mol. The van der Waals surface area contributed by atoms with Gasteiger partial charge in [-0.25, -0.2) is 9.97 Å². The Morgan fingerprint density at radius 2 is 2.17 bits per heavy atom. The second-order valence-electron chi connectivity index (χ2n) is 9.09. The Morgan fingerprint density at radius 1 is 1.33 bits per heavy atom. The van der Waals surface area contributed by atoms with Gasteiger partial charge in [-0.05, 0) is 32.5 Å². The average Bonchev–Trinajstić information content (AvgIpc) is 3.37. The zero-order valence-corrected chi connectivity index (χ0v) is 20.4. The smallest absolute Gasteiger partial charge is 0.405 e. The van der Waals surface area contributed by atoms with Gasteiger partial charge in [0, 0.05) is 43.9 Å². The second kappa shape index (κ2) is 11.6. The molecular weight excluding hydrogens is 477 g/mol. The molecule has 36 heavy (non-hydrogen) atoms. The van der Waals surface area contributed by atoms with Crippen LogP contribution in [0.4, 0.5) is 24.8 Å². The van der Waals surface area contributed by atoms with E-state index in [4.69, 9.17) is 19.4 Å². The van der Waals surface area contributed by atoms with E-state index in [1.54, 1.807) is 30.1 Å². The first kappa shape index (κ1) is 26.4. The fourth-order valence-electron chi connectivity index (χ4n) is 4.30. The maximum atomic E-state index is 13.5. The number of hydrogen-bond donors (Lipinski definition) is 4. The quantitative estimate of drug-likeness (QED) is 0.403. The molecule has 0 amide bonds. The SMILES string of the molecule is CNCC(O)COc1cccc(-c2nc(N[C@@H]3CCOC3)c(C)c(N3CCNC(C(F)(F)F)C3)n2)c1. The van der Waals surface area contributed by atoms with Crippen molar-refractivity contribution in [3.8, 4) is 17.1 Å². The Hall–Kier alpha value is -2.67. The number of aliphatic hydroxyl groups is 1. The van der Waals surface area contributed by atoms with Crippen LogP contribution in [0.2, 0.25) is 0 Å². The van der Waals surface area contributed by atoms with Gasteiger partial charge in [0.05, 0.1) is 12.6 Å². The minimum absolute atomic E-state index is 0.0635. The first-order valence-corrected chi connectivity index (χ1v) is 12.1. The van der Waals surface area contributed by atoms with Crippen LogP contribution in [-0.4, -0.2) is 92.5 Å². The molecule has 3 atom stereocenters. The van der Waals surface area contributed by atoms with Crippen molar-refractivity contribution in [2.75, 3.05) is 63.3 Å². The molecule has 12 heteroatoms. The molecule has 1 aromatic heterocycles. The van der Waals surface area contributed by atoms with Crippen LogP contribution in [0.5, 0.6) is 5.75 Å². The number of likely N-dealkylation sites (N-methyl/N-ethyl adjacent to an activating group) is 1. The fourth-order valence-corrected chi connectivity index (χ4v) is 4.30. The number of benzene rings is 1. The molecule has 0 radical (unpaired) electrons. The number of rotatable bonds is 9. The van der Waals surface area contributed by atoms with Crippen LogP contribution in [-0.2, 0) is 4.74 Å². The van der Waals surface area contributed by atoms with Crippen LogP contribution in [0.1, 0.15) is 12.0 Å². The van der Waals surface area contributed by atoms with E-state index in [1.165, 1.54) is 0 Å². The molecule has 2 aromatic rings. The number of halogens is 3. The van der Waals surface area contributed by atoms with Gasteiger partial charge in [-0.2, -0.15) is 13.2 Å². The van der Waals surface area contributed by atoms with E-state index >= 15 is 0 Å². The van der Waals surface area contributed by atoms with E-state index in [9.17, 15) is 18.3 Å². The van der Waals surface area contributed by atoms with Gasteiger partial charge < -0.3 is 35.4 Å². The van der Waals surface area contributed by atoms with E-state index in [-0.39, 0.29) is 25.7 Å². The van der Waals surface area contributed by atoms with Crippen LogP contribution >= 0.6 is 0 Å². The van der Waals surface area contributed by atoms with Crippen LogP contribution in [0, 0.1) is 6.92 Å².